The van der Waals surface area contributed by atoms with E-state index in [0.29, 0.717) is 29.8 Å². The molecule has 2 aliphatic rings. The van der Waals surface area contributed by atoms with Crippen LogP contribution >= 0.6 is 0 Å². The average molecular weight is 233 g/mol. The fourth-order valence-electron chi connectivity index (χ4n) is 2.65. The van der Waals surface area contributed by atoms with Gasteiger partial charge >= 0.3 is 0 Å². The van der Waals surface area contributed by atoms with E-state index in [1.165, 1.54) is 6.33 Å². The summed E-state index contributed by atoms with van der Waals surface area (Å²) in [6.45, 7) is 0. The van der Waals surface area contributed by atoms with Crippen LogP contribution in [0.25, 0.3) is 11.2 Å². The minimum absolute atomic E-state index is 0.154. The second kappa shape index (κ2) is 2.93. The maximum absolute atomic E-state index is 9.79. The van der Waals surface area contributed by atoms with E-state index in [1.807, 2.05) is 4.57 Å². The molecule has 2 aromatic heterocycles. The zero-order valence-corrected chi connectivity index (χ0v) is 8.95. The molecule has 7 heteroatoms. The van der Waals surface area contributed by atoms with Gasteiger partial charge in [0.1, 0.15) is 18.4 Å². The molecule has 17 heavy (non-hydrogen) atoms. The highest BCUT2D eigenvalue weighted by Gasteiger charge is 2.42. The Bertz CT molecular complexity index is 608. The maximum Gasteiger partial charge on any atom is 0.167 e. The molecule has 0 spiro atoms. The summed E-state index contributed by atoms with van der Waals surface area (Å²) in [6, 6.07) is 0. The van der Waals surface area contributed by atoms with Crippen molar-refractivity contribution in [1.82, 2.24) is 19.5 Å². The number of rotatable bonds is 0. The van der Waals surface area contributed by atoms with Gasteiger partial charge in [-0.05, 0) is 0 Å². The summed E-state index contributed by atoms with van der Waals surface area (Å²) in [5.74, 6) is 1.25. The Labute approximate surface area is 96.3 Å². The molecule has 0 saturated carbocycles. The van der Waals surface area contributed by atoms with Crippen LogP contribution in [0.15, 0.2) is 6.33 Å². The molecule has 3 unspecified atom stereocenters. The first-order valence-electron chi connectivity index (χ1n) is 5.55. The lowest BCUT2D eigenvalue weighted by atomic mass is 10.1. The molecule has 1 fully saturated rings. The van der Waals surface area contributed by atoms with Crippen molar-refractivity contribution in [3.8, 4) is 0 Å². The van der Waals surface area contributed by atoms with E-state index in [4.69, 9.17) is 10.5 Å². The zero-order chi connectivity index (χ0) is 11.6. The van der Waals surface area contributed by atoms with Crippen LogP contribution in [0.4, 0.5) is 5.82 Å². The lowest BCUT2D eigenvalue weighted by molar-refractivity contribution is -0.0363. The third-order valence-corrected chi connectivity index (χ3v) is 3.45. The standard InChI is InChI=1S/C10H11N5O2/c11-9-8-10(13-3-12-9)15-6(14-8)2-5-4(16)1-7(15)17-5/h3-5,7,16H,1-2H2,(H2,11,12,13). The second-order valence-corrected chi connectivity index (χ2v) is 4.47. The molecule has 1 saturated heterocycles. The number of aromatic nitrogens is 4. The van der Waals surface area contributed by atoms with Gasteiger partial charge in [0.05, 0.1) is 12.2 Å². The number of anilines is 1. The van der Waals surface area contributed by atoms with Crippen LogP contribution in [-0.2, 0) is 11.2 Å². The van der Waals surface area contributed by atoms with Gasteiger partial charge in [-0.1, -0.05) is 0 Å². The number of aliphatic hydroxyl groups excluding tert-OH is 1. The maximum atomic E-state index is 9.79. The van der Waals surface area contributed by atoms with Crippen LogP contribution in [0.3, 0.4) is 0 Å². The largest absolute Gasteiger partial charge is 0.390 e. The van der Waals surface area contributed by atoms with Crippen molar-refractivity contribution in [1.29, 1.82) is 0 Å². The number of aliphatic hydroxyl groups is 1. The molecule has 4 rings (SSSR count). The smallest absolute Gasteiger partial charge is 0.167 e. The highest BCUT2D eigenvalue weighted by molar-refractivity contribution is 5.82. The summed E-state index contributed by atoms with van der Waals surface area (Å²) in [7, 11) is 0. The van der Waals surface area contributed by atoms with Gasteiger partial charge in [-0.3, -0.25) is 4.57 Å². The number of fused-ring (bicyclic) bond motifs is 6. The summed E-state index contributed by atoms with van der Waals surface area (Å²) in [6.07, 6.45) is 1.83. The first kappa shape index (κ1) is 9.32. The summed E-state index contributed by atoms with van der Waals surface area (Å²) in [5, 5.41) is 9.79. The van der Waals surface area contributed by atoms with Crippen LogP contribution < -0.4 is 5.73 Å². The van der Waals surface area contributed by atoms with Gasteiger partial charge in [-0.15, -0.1) is 0 Å². The first-order chi connectivity index (χ1) is 8.24. The van der Waals surface area contributed by atoms with E-state index >= 15 is 0 Å². The van der Waals surface area contributed by atoms with E-state index in [-0.39, 0.29) is 12.3 Å². The summed E-state index contributed by atoms with van der Waals surface area (Å²) in [4.78, 5) is 12.6. The lowest BCUT2D eigenvalue weighted by Gasteiger charge is -2.22. The van der Waals surface area contributed by atoms with E-state index < -0.39 is 6.10 Å². The Morgan fingerprint density at radius 3 is 3.24 bits per heavy atom. The molecule has 2 aliphatic heterocycles. The SMILES string of the molecule is Nc1ncnc2c1nc1n2C2CC(O)C(C1)O2. The molecule has 88 valence electrons. The number of hydrogen-bond acceptors (Lipinski definition) is 6. The lowest BCUT2D eigenvalue weighted by Crippen LogP contribution is -2.27. The quantitative estimate of drug-likeness (QED) is 0.643. The molecule has 7 nitrogen and oxygen atoms in total. The van der Waals surface area contributed by atoms with E-state index in [0.717, 1.165) is 5.82 Å². The fraction of sp³-hybridized carbons (Fsp3) is 0.500. The third-order valence-electron chi connectivity index (χ3n) is 3.45. The number of ether oxygens (including phenoxy) is 1. The van der Waals surface area contributed by atoms with Gasteiger partial charge in [-0.25, -0.2) is 15.0 Å². The van der Waals surface area contributed by atoms with Crippen LogP contribution in [0.1, 0.15) is 18.5 Å². The first-order valence-corrected chi connectivity index (χ1v) is 5.55. The van der Waals surface area contributed by atoms with Crippen molar-refractivity contribution in [3.63, 3.8) is 0 Å². The van der Waals surface area contributed by atoms with Gasteiger partial charge in [0.2, 0.25) is 0 Å². The Balaban J connectivity index is 1.99. The van der Waals surface area contributed by atoms with Crippen LogP contribution in [0, 0.1) is 0 Å². The third kappa shape index (κ3) is 1.10. The van der Waals surface area contributed by atoms with Gasteiger partial charge < -0.3 is 15.6 Å². The average Bonchev–Trinajstić information content (AvgIpc) is 2.81. The van der Waals surface area contributed by atoms with Crippen molar-refractivity contribution in [2.24, 2.45) is 0 Å². The molecule has 0 aromatic carbocycles. The van der Waals surface area contributed by atoms with Gasteiger partial charge in [0.15, 0.2) is 17.0 Å². The van der Waals surface area contributed by atoms with Crippen LogP contribution in [-0.4, -0.2) is 36.8 Å². The fourth-order valence-corrected chi connectivity index (χ4v) is 2.65. The molecular formula is C10H11N5O2. The van der Waals surface area contributed by atoms with Crippen LogP contribution in [0.2, 0.25) is 0 Å². The molecule has 0 amide bonds. The Morgan fingerprint density at radius 1 is 1.47 bits per heavy atom. The van der Waals surface area contributed by atoms with Crippen molar-refractivity contribution >= 4 is 17.0 Å². The summed E-state index contributed by atoms with van der Waals surface area (Å²) >= 11 is 0. The molecule has 4 heterocycles. The van der Waals surface area contributed by atoms with Crippen molar-refractivity contribution in [2.75, 3.05) is 5.73 Å². The normalized spacial score (nSPS) is 30.8. The minimum Gasteiger partial charge on any atom is -0.390 e. The zero-order valence-electron chi connectivity index (χ0n) is 8.95. The molecule has 0 aliphatic carbocycles. The highest BCUT2D eigenvalue weighted by atomic mass is 16.5. The van der Waals surface area contributed by atoms with Gasteiger partial charge in [0, 0.05) is 12.8 Å². The van der Waals surface area contributed by atoms with E-state index in [2.05, 4.69) is 15.0 Å². The number of imidazole rings is 1. The molecule has 3 atom stereocenters. The topological polar surface area (TPSA) is 99.1 Å². The van der Waals surface area contributed by atoms with Gasteiger partial charge in [0.25, 0.3) is 0 Å². The number of nitrogen functional groups attached to an aromatic ring is 1. The Kier molecular flexibility index (Phi) is 1.61. The molecule has 0 radical (unpaired) electrons. The summed E-state index contributed by atoms with van der Waals surface area (Å²) < 4.78 is 7.63. The minimum atomic E-state index is -0.420. The van der Waals surface area contributed by atoms with E-state index in [9.17, 15) is 5.11 Å². The predicted molar refractivity (Wildman–Crippen MR) is 58.0 cm³/mol. The Hall–Kier alpha value is -1.73. The van der Waals surface area contributed by atoms with Crippen molar-refractivity contribution in [2.45, 2.75) is 31.3 Å². The monoisotopic (exact) mass is 233 g/mol. The second-order valence-electron chi connectivity index (χ2n) is 4.47. The molecule has 2 bridgehead atoms. The molecule has 2 aromatic rings. The summed E-state index contributed by atoms with van der Waals surface area (Å²) in [5.41, 5.74) is 7.08. The van der Waals surface area contributed by atoms with E-state index in [1.54, 1.807) is 0 Å². The predicted octanol–water partition coefficient (Wildman–Crippen LogP) is -0.387. The highest BCUT2D eigenvalue weighted by Crippen LogP contribution is 2.38. The van der Waals surface area contributed by atoms with Crippen molar-refractivity contribution in [3.05, 3.63) is 12.2 Å². The van der Waals surface area contributed by atoms with Crippen LogP contribution in [0.5, 0.6) is 0 Å². The number of hydrogen-bond donors (Lipinski definition) is 2. The molecular weight excluding hydrogens is 222 g/mol. The van der Waals surface area contributed by atoms with Gasteiger partial charge in [-0.2, -0.15) is 0 Å². The van der Waals surface area contributed by atoms with Crippen molar-refractivity contribution < 1.29 is 9.84 Å². The Morgan fingerprint density at radius 2 is 2.35 bits per heavy atom. The number of nitrogens with zero attached hydrogens (tertiary/aromatic N) is 4. The molecule has 3 N–H and O–H groups in total. The number of nitrogens with two attached hydrogens (primary N) is 1.